The summed E-state index contributed by atoms with van der Waals surface area (Å²) >= 11 is 0. The third kappa shape index (κ3) is 5.17. The number of rotatable bonds is 8. The minimum Gasteiger partial charge on any atom is -0.493 e. The van der Waals surface area contributed by atoms with E-state index in [0.717, 1.165) is 5.69 Å². The Morgan fingerprint density at radius 2 is 1.96 bits per heavy atom. The van der Waals surface area contributed by atoms with Gasteiger partial charge in [-0.3, -0.25) is 14.4 Å². The Bertz CT molecular complexity index is 860. The Morgan fingerprint density at radius 1 is 1.19 bits per heavy atom. The van der Waals surface area contributed by atoms with Crippen molar-refractivity contribution < 1.29 is 19.1 Å². The lowest BCUT2D eigenvalue weighted by Gasteiger charge is -2.12. The normalized spacial score (nSPS) is 10.3. The smallest absolute Gasteiger partial charge is 0.266 e. The van der Waals surface area contributed by atoms with E-state index in [1.54, 1.807) is 31.2 Å². The molecule has 0 aliphatic heterocycles. The van der Waals surface area contributed by atoms with E-state index in [0.29, 0.717) is 17.1 Å². The van der Waals surface area contributed by atoms with Gasteiger partial charge < -0.3 is 14.8 Å². The number of Topliss-reactive ketones (excluding diaryl/α,β-unsaturated/α-hetero) is 1. The SMILES string of the molecule is COc1cc(C(C)=O)ccc1OCC(=O)NCCn1nc(C)ccc1=O. The number of nitrogens with zero attached hydrogens (tertiary/aromatic N) is 2. The van der Waals surface area contributed by atoms with Gasteiger partial charge in [0.25, 0.3) is 11.5 Å². The van der Waals surface area contributed by atoms with Crippen molar-refractivity contribution in [2.24, 2.45) is 0 Å². The first kappa shape index (κ1) is 19.2. The van der Waals surface area contributed by atoms with Crippen LogP contribution in [-0.4, -0.2) is 41.7 Å². The van der Waals surface area contributed by atoms with Gasteiger partial charge in [0.1, 0.15) is 0 Å². The quantitative estimate of drug-likeness (QED) is 0.705. The Balaban J connectivity index is 1.86. The van der Waals surface area contributed by atoms with Crippen molar-refractivity contribution >= 4 is 11.7 Å². The molecule has 8 heteroatoms. The van der Waals surface area contributed by atoms with Crippen LogP contribution in [0.15, 0.2) is 35.1 Å². The molecule has 1 aromatic carbocycles. The zero-order valence-corrected chi connectivity index (χ0v) is 14.9. The van der Waals surface area contributed by atoms with E-state index in [4.69, 9.17) is 9.47 Å². The highest BCUT2D eigenvalue weighted by atomic mass is 16.5. The maximum atomic E-state index is 11.9. The zero-order valence-electron chi connectivity index (χ0n) is 14.9. The van der Waals surface area contributed by atoms with Crippen LogP contribution in [0.25, 0.3) is 0 Å². The maximum absolute atomic E-state index is 11.9. The van der Waals surface area contributed by atoms with Crippen molar-refractivity contribution in [3.63, 3.8) is 0 Å². The van der Waals surface area contributed by atoms with Gasteiger partial charge in [-0.2, -0.15) is 5.10 Å². The molecule has 0 bridgehead atoms. The number of carbonyl (C=O) groups excluding carboxylic acids is 2. The van der Waals surface area contributed by atoms with E-state index in [1.165, 1.54) is 24.8 Å². The van der Waals surface area contributed by atoms with Gasteiger partial charge >= 0.3 is 0 Å². The van der Waals surface area contributed by atoms with Gasteiger partial charge in [0, 0.05) is 18.2 Å². The summed E-state index contributed by atoms with van der Waals surface area (Å²) in [6.45, 7) is 3.54. The van der Waals surface area contributed by atoms with Crippen molar-refractivity contribution in [3.05, 3.63) is 51.9 Å². The molecule has 0 aliphatic rings. The van der Waals surface area contributed by atoms with Crippen LogP contribution >= 0.6 is 0 Å². The summed E-state index contributed by atoms with van der Waals surface area (Å²) in [5.74, 6) is 0.307. The fraction of sp³-hybridized carbons (Fsp3) is 0.333. The lowest BCUT2D eigenvalue weighted by Crippen LogP contribution is -2.34. The molecule has 2 aromatic rings. The van der Waals surface area contributed by atoms with Gasteiger partial charge in [-0.15, -0.1) is 0 Å². The molecule has 8 nitrogen and oxygen atoms in total. The second-order valence-electron chi connectivity index (χ2n) is 5.60. The molecule has 138 valence electrons. The summed E-state index contributed by atoms with van der Waals surface area (Å²) in [6, 6.07) is 7.82. The van der Waals surface area contributed by atoms with E-state index in [-0.39, 0.29) is 36.9 Å². The molecule has 0 aliphatic carbocycles. The third-order valence-electron chi connectivity index (χ3n) is 3.57. The van der Waals surface area contributed by atoms with E-state index >= 15 is 0 Å². The molecule has 0 atom stereocenters. The van der Waals surface area contributed by atoms with Crippen LogP contribution in [0.2, 0.25) is 0 Å². The Labute approximate surface area is 150 Å². The van der Waals surface area contributed by atoms with Crippen LogP contribution in [0.5, 0.6) is 11.5 Å². The molecule has 0 spiro atoms. The molecular weight excluding hydrogens is 338 g/mol. The van der Waals surface area contributed by atoms with Gasteiger partial charge in [-0.05, 0) is 38.1 Å². The number of aromatic nitrogens is 2. The lowest BCUT2D eigenvalue weighted by atomic mass is 10.1. The number of ketones is 1. The average molecular weight is 359 g/mol. The number of ether oxygens (including phenoxy) is 2. The van der Waals surface area contributed by atoms with Gasteiger partial charge in [-0.1, -0.05) is 0 Å². The van der Waals surface area contributed by atoms with Crippen molar-refractivity contribution in [2.75, 3.05) is 20.3 Å². The number of methoxy groups -OCH3 is 1. The molecular formula is C18H21N3O5. The van der Waals surface area contributed by atoms with Crippen LogP contribution in [0.3, 0.4) is 0 Å². The number of hydrogen-bond donors (Lipinski definition) is 1. The minimum absolute atomic E-state index is 0.0902. The summed E-state index contributed by atoms with van der Waals surface area (Å²) in [5.41, 5.74) is 0.992. The van der Waals surface area contributed by atoms with E-state index in [2.05, 4.69) is 10.4 Å². The predicted molar refractivity (Wildman–Crippen MR) is 94.7 cm³/mol. The zero-order chi connectivity index (χ0) is 19.1. The predicted octanol–water partition coefficient (Wildman–Crippen LogP) is 0.958. The van der Waals surface area contributed by atoms with Crippen molar-refractivity contribution in [3.8, 4) is 11.5 Å². The fourth-order valence-electron chi connectivity index (χ4n) is 2.21. The van der Waals surface area contributed by atoms with Crippen LogP contribution < -0.4 is 20.3 Å². The lowest BCUT2D eigenvalue weighted by molar-refractivity contribution is -0.123. The second kappa shape index (κ2) is 8.80. The highest BCUT2D eigenvalue weighted by Crippen LogP contribution is 2.28. The summed E-state index contributed by atoms with van der Waals surface area (Å²) < 4.78 is 11.9. The van der Waals surface area contributed by atoms with Crippen LogP contribution in [0.1, 0.15) is 23.0 Å². The first-order chi connectivity index (χ1) is 12.4. The highest BCUT2D eigenvalue weighted by molar-refractivity contribution is 5.94. The van der Waals surface area contributed by atoms with E-state index in [1.807, 2.05) is 0 Å². The summed E-state index contributed by atoms with van der Waals surface area (Å²) in [4.78, 5) is 34.9. The molecule has 0 unspecified atom stereocenters. The van der Waals surface area contributed by atoms with Gasteiger partial charge in [-0.25, -0.2) is 4.68 Å². The van der Waals surface area contributed by atoms with Crippen molar-refractivity contribution in [1.82, 2.24) is 15.1 Å². The number of hydrogen-bond acceptors (Lipinski definition) is 6. The minimum atomic E-state index is -0.344. The number of carbonyl (C=O) groups is 2. The first-order valence-electron chi connectivity index (χ1n) is 8.04. The Morgan fingerprint density at radius 3 is 2.65 bits per heavy atom. The average Bonchev–Trinajstić information content (AvgIpc) is 2.62. The third-order valence-corrected chi connectivity index (χ3v) is 3.57. The van der Waals surface area contributed by atoms with Crippen LogP contribution in [0, 0.1) is 6.92 Å². The molecule has 0 fully saturated rings. The summed E-state index contributed by atoms with van der Waals surface area (Å²) in [6.07, 6.45) is 0. The maximum Gasteiger partial charge on any atom is 0.266 e. The van der Waals surface area contributed by atoms with Crippen LogP contribution in [0.4, 0.5) is 0 Å². The largest absolute Gasteiger partial charge is 0.493 e. The standard InChI is InChI=1S/C18H21N3O5/c1-12-4-7-18(24)21(20-12)9-8-19-17(23)11-26-15-6-5-14(13(2)22)10-16(15)25-3/h4-7,10H,8-9,11H2,1-3H3,(H,19,23). The van der Waals surface area contributed by atoms with Crippen LogP contribution in [-0.2, 0) is 11.3 Å². The van der Waals surface area contributed by atoms with Crippen molar-refractivity contribution in [1.29, 1.82) is 0 Å². The van der Waals surface area contributed by atoms with Gasteiger partial charge in [0.15, 0.2) is 23.9 Å². The number of benzene rings is 1. The molecule has 0 radical (unpaired) electrons. The number of aryl methyl sites for hydroxylation is 1. The summed E-state index contributed by atoms with van der Waals surface area (Å²) in [5, 5.41) is 6.74. The molecule has 0 saturated carbocycles. The van der Waals surface area contributed by atoms with Gasteiger partial charge in [0.05, 0.1) is 19.3 Å². The molecule has 2 rings (SSSR count). The molecule has 1 aromatic heterocycles. The second-order valence-corrected chi connectivity index (χ2v) is 5.60. The number of nitrogens with one attached hydrogen (secondary N) is 1. The Kier molecular flexibility index (Phi) is 6.48. The number of amides is 1. The molecule has 1 heterocycles. The van der Waals surface area contributed by atoms with E-state index in [9.17, 15) is 14.4 Å². The molecule has 1 amide bonds. The summed E-state index contributed by atoms with van der Waals surface area (Å²) in [7, 11) is 1.46. The molecule has 0 saturated heterocycles. The first-order valence-corrected chi connectivity index (χ1v) is 8.04. The van der Waals surface area contributed by atoms with Gasteiger partial charge in [0.2, 0.25) is 0 Å². The molecule has 26 heavy (non-hydrogen) atoms. The van der Waals surface area contributed by atoms with Crippen molar-refractivity contribution in [2.45, 2.75) is 20.4 Å². The highest BCUT2D eigenvalue weighted by Gasteiger charge is 2.10. The van der Waals surface area contributed by atoms with E-state index < -0.39 is 0 Å². The Hall–Kier alpha value is -3.16. The fourth-order valence-corrected chi connectivity index (χ4v) is 2.21. The monoisotopic (exact) mass is 359 g/mol. The topological polar surface area (TPSA) is 99.5 Å². The molecule has 1 N–H and O–H groups in total.